The molecule has 0 saturated heterocycles. The van der Waals surface area contributed by atoms with E-state index in [1.807, 2.05) is 6.07 Å². The summed E-state index contributed by atoms with van der Waals surface area (Å²) < 4.78 is 15.7. The van der Waals surface area contributed by atoms with Crippen molar-refractivity contribution in [3.8, 4) is 29.0 Å². The fourth-order valence-electron chi connectivity index (χ4n) is 2.40. The third kappa shape index (κ3) is 4.42. The van der Waals surface area contributed by atoms with Crippen LogP contribution in [0.25, 0.3) is 11.4 Å². The molecule has 9 nitrogen and oxygen atoms in total. The Morgan fingerprint density at radius 2 is 1.86 bits per heavy atom. The van der Waals surface area contributed by atoms with Crippen molar-refractivity contribution >= 4 is 5.97 Å². The Kier molecular flexibility index (Phi) is 5.81. The van der Waals surface area contributed by atoms with Gasteiger partial charge in [0.2, 0.25) is 5.82 Å². The molecule has 0 saturated carbocycles. The van der Waals surface area contributed by atoms with Crippen molar-refractivity contribution in [1.29, 1.82) is 5.26 Å². The summed E-state index contributed by atoms with van der Waals surface area (Å²) >= 11 is 0. The van der Waals surface area contributed by atoms with Gasteiger partial charge >= 0.3 is 5.97 Å². The molecule has 9 heteroatoms. The smallest absolute Gasteiger partial charge is 0.330 e. The Morgan fingerprint density at radius 1 is 1.11 bits per heavy atom. The number of carbonyl (C=O) groups excluding carboxylic acids is 1. The number of benzene rings is 2. The van der Waals surface area contributed by atoms with Crippen LogP contribution in [-0.4, -0.2) is 40.4 Å². The van der Waals surface area contributed by atoms with Crippen molar-refractivity contribution in [1.82, 2.24) is 20.2 Å². The molecule has 0 aliphatic carbocycles. The highest BCUT2D eigenvalue weighted by atomic mass is 16.5. The highest BCUT2D eigenvalue weighted by Crippen LogP contribution is 2.30. The molecule has 3 rings (SSSR count). The molecular formula is C19H17N5O4. The number of nitriles is 1. The monoisotopic (exact) mass is 379 g/mol. The minimum Gasteiger partial charge on any atom is -0.493 e. The summed E-state index contributed by atoms with van der Waals surface area (Å²) in [5.74, 6) is 0.977. The number of hydrogen-bond donors (Lipinski definition) is 0. The van der Waals surface area contributed by atoms with Gasteiger partial charge in [0.15, 0.2) is 18.0 Å². The lowest BCUT2D eigenvalue weighted by Crippen LogP contribution is -2.15. The summed E-state index contributed by atoms with van der Waals surface area (Å²) in [7, 11) is 3.09. The van der Waals surface area contributed by atoms with Gasteiger partial charge in [0.1, 0.15) is 6.61 Å². The summed E-state index contributed by atoms with van der Waals surface area (Å²) in [5.41, 5.74) is 2.00. The molecule has 28 heavy (non-hydrogen) atoms. The first-order valence-electron chi connectivity index (χ1n) is 8.28. The lowest BCUT2D eigenvalue weighted by Gasteiger charge is -2.07. The van der Waals surface area contributed by atoms with Gasteiger partial charge in [-0.05, 0) is 41.1 Å². The largest absolute Gasteiger partial charge is 0.493 e. The standard InChI is InChI=1S/C19H17N5O4/c1-26-16-8-7-15(9-17(16)27-2)19-21-23-24(22-19)11-18(25)28-12-14-5-3-13(10-20)4-6-14/h3-9H,11-12H2,1-2H3. The van der Waals surface area contributed by atoms with Crippen molar-refractivity contribution in [2.75, 3.05) is 14.2 Å². The summed E-state index contributed by atoms with van der Waals surface area (Å²) in [6.45, 7) is -0.0711. The number of rotatable bonds is 7. The van der Waals surface area contributed by atoms with E-state index < -0.39 is 5.97 Å². The second kappa shape index (κ2) is 8.64. The summed E-state index contributed by atoms with van der Waals surface area (Å²) in [5, 5.41) is 20.8. The Labute approximate surface area is 161 Å². The first-order chi connectivity index (χ1) is 13.6. The van der Waals surface area contributed by atoms with Gasteiger partial charge in [0, 0.05) is 5.56 Å². The van der Waals surface area contributed by atoms with Crippen molar-refractivity contribution in [3.63, 3.8) is 0 Å². The maximum Gasteiger partial charge on any atom is 0.330 e. The lowest BCUT2D eigenvalue weighted by atomic mass is 10.2. The normalized spacial score (nSPS) is 10.2. The second-order valence-electron chi connectivity index (χ2n) is 5.68. The molecule has 1 aromatic heterocycles. The molecule has 0 aliphatic heterocycles. The van der Waals surface area contributed by atoms with E-state index >= 15 is 0 Å². The molecule has 1 heterocycles. The van der Waals surface area contributed by atoms with Crippen LogP contribution in [0.15, 0.2) is 42.5 Å². The third-order valence-electron chi connectivity index (χ3n) is 3.85. The number of methoxy groups -OCH3 is 2. The number of esters is 1. The molecule has 0 amide bonds. The zero-order valence-corrected chi connectivity index (χ0v) is 15.3. The number of hydrogen-bond acceptors (Lipinski definition) is 8. The Morgan fingerprint density at radius 3 is 2.54 bits per heavy atom. The van der Waals surface area contributed by atoms with Crippen molar-refractivity contribution in [2.45, 2.75) is 13.2 Å². The molecule has 0 spiro atoms. The molecule has 0 fully saturated rings. The average Bonchev–Trinajstić information content (AvgIpc) is 3.20. The molecule has 0 aliphatic rings. The van der Waals surface area contributed by atoms with Gasteiger partial charge in [-0.1, -0.05) is 12.1 Å². The van der Waals surface area contributed by atoms with Gasteiger partial charge in [-0.2, -0.15) is 10.1 Å². The molecule has 0 unspecified atom stereocenters. The topological polar surface area (TPSA) is 112 Å². The van der Waals surface area contributed by atoms with Gasteiger partial charge in [0.05, 0.1) is 25.9 Å². The zero-order chi connectivity index (χ0) is 19.9. The Balaban J connectivity index is 1.60. The highest BCUT2D eigenvalue weighted by molar-refractivity contribution is 5.69. The third-order valence-corrected chi connectivity index (χ3v) is 3.85. The van der Waals surface area contributed by atoms with Gasteiger partial charge in [-0.15, -0.1) is 10.2 Å². The molecule has 0 bridgehead atoms. The van der Waals surface area contributed by atoms with E-state index in [4.69, 9.17) is 19.5 Å². The minimum atomic E-state index is -0.499. The predicted octanol–water partition coefficient (Wildman–Crippen LogP) is 1.97. The van der Waals surface area contributed by atoms with Crippen LogP contribution in [0.1, 0.15) is 11.1 Å². The van der Waals surface area contributed by atoms with Crippen LogP contribution in [0.2, 0.25) is 0 Å². The molecular weight excluding hydrogens is 362 g/mol. The predicted molar refractivity (Wildman–Crippen MR) is 97.3 cm³/mol. The fraction of sp³-hybridized carbons (Fsp3) is 0.211. The van der Waals surface area contributed by atoms with E-state index in [1.54, 1.807) is 49.6 Å². The number of carbonyl (C=O) groups is 1. The van der Waals surface area contributed by atoms with Crippen LogP contribution < -0.4 is 9.47 Å². The summed E-state index contributed by atoms with van der Waals surface area (Å²) in [6, 6.07) is 14.1. The summed E-state index contributed by atoms with van der Waals surface area (Å²) in [6.07, 6.45) is 0. The van der Waals surface area contributed by atoms with Crippen LogP contribution >= 0.6 is 0 Å². The van der Waals surface area contributed by atoms with Crippen LogP contribution in [0.5, 0.6) is 11.5 Å². The van der Waals surface area contributed by atoms with Crippen molar-refractivity contribution < 1.29 is 19.0 Å². The van der Waals surface area contributed by atoms with Crippen molar-refractivity contribution in [2.24, 2.45) is 0 Å². The molecule has 0 radical (unpaired) electrons. The number of aromatic nitrogens is 4. The van der Waals surface area contributed by atoms with E-state index in [0.29, 0.717) is 28.5 Å². The van der Waals surface area contributed by atoms with Crippen LogP contribution in [0, 0.1) is 11.3 Å². The maximum atomic E-state index is 12.0. The van der Waals surface area contributed by atoms with Crippen LogP contribution in [0.4, 0.5) is 0 Å². The molecule has 3 aromatic rings. The van der Waals surface area contributed by atoms with E-state index in [0.717, 1.165) is 10.4 Å². The quantitative estimate of drug-likeness (QED) is 0.573. The Hall–Kier alpha value is -3.93. The van der Waals surface area contributed by atoms with Crippen LogP contribution in [-0.2, 0) is 22.7 Å². The first kappa shape index (κ1) is 18.8. The number of ether oxygens (including phenoxy) is 3. The van der Waals surface area contributed by atoms with Crippen LogP contribution in [0.3, 0.4) is 0 Å². The average molecular weight is 379 g/mol. The van der Waals surface area contributed by atoms with Crippen molar-refractivity contribution in [3.05, 3.63) is 53.6 Å². The Bertz CT molecular complexity index is 1010. The highest BCUT2D eigenvalue weighted by Gasteiger charge is 2.13. The second-order valence-corrected chi connectivity index (χ2v) is 5.68. The van der Waals surface area contributed by atoms with E-state index in [-0.39, 0.29) is 13.2 Å². The summed E-state index contributed by atoms with van der Waals surface area (Å²) in [4.78, 5) is 13.2. The number of nitrogens with zero attached hydrogens (tertiary/aromatic N) is 5. The molecule has 0 N–H and O–H groups in total. The maximum absolute atomic E-state index is 12.0. The first-order valence-corrected chi connectivity index (χ1v) is 8.28. The van der Waals surface area contributed by atoms with Gasteiger partial charge in [-0.25, -0.2) is 4.79 Å². The number of tetrazole rings is 1. The van der Waals surface area contributed by atoms with E-state index in [9.17, 15) is 4.79 Å². The SMILES string of the molecule is COc1ccc(-c2nnn(CC(=O)OCc3ccc(C#N)cc3)n2)cc1OC. The zero-order valence-electron chi connectivity index (χ0n) is 15.3. The molecule has 2 aromatic carbocycles. The van der Waals surface area contributed by atoms with E-state index in [1.165, 1.54) is 7.11 Å². The minimum absolute atomic E-state index is 0.0990. The fourth-order valence-corrected chi connectivity index (χ4v) is 2.40. The molecule has 0 atom stereocenters. The molecule has 142 valence electrons. The van der Waals surface area contributed by atoms with E-state index in [2.05, 4.69) is 15.4 Å². The lowest BCUT2D eigenvalue weighted by molar-refractivity contribution is -0.146. The van der Waals surface area contributed by atoms with Gasteiger partial charge in [-0.3, -0.25) is 0 Å². The van der Waals surface area contributed by atoms with Gasteiger partial charge in [0.25, 0.3) is 0 Å². The van der Waals surface area contributed by atoms with Gasteiger partial charge < -0.3 is 14.2 Å².